The van der Waals surface area contributed by atoms with Crippen LogP contribution in [0.5, 0.6) is 0 Å². The second-order valence-corrected chi connectivity index (χ2v) is 5.57. The zero-order valence-electron chi connectivity index (χ0n) is 11.9. The van der Waals surface area contributed by atoms with Crippen LogP contribution in [0.4, 0.5) is 0 Å². The van der Waals surface area contributed by atoms with Crippen LogP contribution in [0, 0.1) is 0 Å². The number of hydrogen-bond acceptors (Lipinski definition) is 4. The van der Waals surface area contributed by atoms with Crippen LogP contribution in [0.15, 0.2) is 36.5 Å². The lowest BCUT2D eigenvalue weighted by atomic mass is 10.1. The number of benzene rings is 1. The molecule has 1 aromatic carbocycles. The molecule has 106 valence electrons. The molecule has 1 aliphatic rings. The molecule has 0 amide bonds. The Morgan fingerprint density at radius 2 is 2.15 bits per heavy atom. The summed E-state index contributed by atoms with van der Waals surface area (Å²) >= 11 is 0. The highest BCUT2D eigenvalue weighted by molar-refractivity contribution is 5.81. The monoisotopic (exact) mass is 272 g/mol. The van der Waals surface area contributed by atoms with Crippen LogP contribution >= 0.6 is 0 Å². The maximum Gasteiger partial charge on any atom is 0.163 e. The number of nitrogens with zero attached hydrogens (tertiary/aromatic N) is 1. The molecule has 0 saturated carbocycles. The fourth-order valence-corrected chi connectivity index (χ4v) is 2.54. The Labute approximate surface area is 119 Å². The summed E-state index contributed by atoms with van der Waals surface area (Å²) in [6.45, 7) is 6.11. The number of rotatable bonds is 4. The number of fused-ring (bicyclic) bond motifs is 1. The molecule has 1 aromatic heterocycles. The average molecular weight is 272 g/mol. The van der Waals surface area contributed by atoms with Crippen molar-refractivity contribution in [2.75, 3.05) is 13.2 Å². The third-order valence-electron chi connectivity index (χ3n) is 3.47. The summed E-state index contributed by atoms with van der Waals surface area (Å²) in [6.07, 6.45) is 1.95. The normalized spacial score (nSPS) is 21.4. The molecule has 1 unspecified atom stereocenters. The molecule has 0 radical (unpaired) electrons. The van der Waals surface area contributed by atoms with Crippen molar-refractivity contribution in [1.29, 1.82) is 0 Å². The van der Waals surface area contributed by atoms with Crippen molar-refractivity contribution in [3.63, 3.8) is 0 Å². The van der Waals surface area contributed by atoms with Gasteiger partial charge in [-0.25, -0.2) is 0 Å². The van der Waals surface area contributed by atoms with Gasteiger partial charge in [-0.05, 0) is 25.5 Å². The second kappa shape index (κ2) is 5.48. The first-order chi connectivity index (χ1) is 9.64. The molecule has 1 N–H and O–H groups in total. The van der Waals surface area contributed by atoms with Crippen LogP contribution in [0.2, 0.25) is 0 Å². The molecule has 1 saturated heterocycles. The van der Waals surface area contributed by atoms with Gasteiger partial charge in [-0.1, -0.05) is 24.3 Å². The van der Waals surface area contributed by atoms with Crippen LogP contribution in [0.25, 0.3) is 10.9 Å². The zero-order valence-corrected chi connectivity index (χ0v) is 11.9. The molecule has 3 rings (SSSR count). The molecule has 2 heterocycles. The first kappa shape index (κ1) is 13.5. The van der Waals surface area contributed by atoms with Gasteiger partial charge in [-0.2, -0.15) is 0 Å². The van der Waals surface area contributed by atoms with Gasteiger partial charge in [0.05, 0.1) is 18.2 Å². The van der Waals surface area contributed by atoms with E-state index in [-0.39, 0.29) is 6.10 Å². The van der Waals surface area contributed by atoms with E-state index in [0.29, 0.717) is 6.61 Å². The molecular formula is C16H20N2O2. The highest BCUT2D eigenvalue weighted by Gasteiger charge is 2.32. The van der Waals surface area contributed by atoms with E-state index in [0.717, 1.165) is 18.6 Å². The van der Waals surface area contributed by atoms with Gasteiger partial charge < -0.3 is 14.8 Å². The first-order valence-electron chi connectivity index (χ1n) is 6.99. The van der Waals surface area contributed by atoms with Gasteiger partial charge in [-0.3, -0.25) is 4.98 Å². The van der Waals surface area contributed by atoms with Gasteiger partial charge >= 0.3 is 0 Å². The van der Waals surface area contributed by atoms with E-state index in [2.05, 4.69) is 34.6 Å². The summed E-state index contributed by atoms with van der Waals surface area (Å²) in [5.74, 6) is -0.451. The van der Waals surface area contributed by atoms with Crippen LogP contribution in [0.1, 0.15) is 19.4 Å². The largest absolute Gasteiger partial charge is 0.348 e. The summed E-state index contributed by atoms with van der Waals surface area (Å²) in [6, 6.07) is 10.3. The van der Waals surface area contributed by atoms with E-state index in [9.17, 15) is 0 Å². The van der Waals surface area contributed by atoms with Gasteiger partial charge in [0, 0.05) is 24.7 Å². The lowest BCUT2D eigenvalue weighted by Crippen LogP contribution is -2.30. The Kier molecular flexibility index (Phi) is 3.70. The van der Waals surface area contributed by atoms with E-state index in [1.165, 1.54) is 10.9 Å². The predicted molar refractivity (Wildman–Crippen MR) is 78.4 cm³/mol. The van der Waals surface area contributed by atoms with E-state index >= 15 is 0 Å². The average Bonchev–Trinajstić information content (AvgIpc) is 2.79. The Bertz CT molecular complexity index is 593. The molecule has 1 atom stereocenters. The summed E-state index contributed by atoms with van der Waals surface area (Å²) in [5.41, 5.74) is 2.27. The zero-order chi connectivity index (χ0) is 14.0. The SMILES string of the molecule is CC1(C)OCC(CNCc2cccc3cccnc23)O1. The Morgan fingerprint density at radius 3 is 2.95 bits per heavy atom. The number of pyridine rings is 1. The van der Waals surface area contributed by atoms with Crippen molar-refractivity contribution in [3.8, 4) is 0 Å². The van der Waals surface area contributed by atoms with Crippen molar-refractivity contribution < 1.29 is 9.47 Å². The molecule has 1 fully saturated rings. The molecule has 0 spiro atoms. The van der Waals surface area contributed by atoms with Crippen molar-refractivity contribution in [3.05, 3.63) is 42.1 Å². The number of para-hydroxylation sites is 1. The third kappa shape index (κ3) is 2.98. The van der Waals surface area contributed by atoms with Crippen molar-refractivity contribution in [2.24, 2.45) is 0 Å². The third-order valence-corrected chi connectivity index (χ3v) is 3.47. The molecule has 0 aliphatic carbocycles. The summed E-state index contributed by atoms with van der Waals surface area (Å²) in [7, 11) is 0. The standard InChI is InChI=1S/C16H20N2O2/c1-16(2)19-11-14(20-16)10-17-9-13-6-3-5-12-7-4-8-18-15(12)13/h3-8,14,17H,9-11H2,1-2H3. The van der Waals surface area contributed by atoms with Crippen molar-refractivity contribution in [2.45, 2.75) is 32.3 Å². The minimum Gasteiger partial charge on any atom is -0.348 e. The van der Waals surface area contributed by atoms with Gasteiger partial charge in [0.2, 0.25) is 0 Å². The smallest absolute Gasteiger partial charge is 0.163 e. The van der Waals surface area contributed by atoms with Gasteiger partial charge in [-0.15, -0.1) is 0 Å². The fourth-order valence-electron chi connectivity index (χ4n) is 2.54. The fraction of sp³-hybridized carbons (Fsp3) is 0.438. The first-order valence-corrected chi connectivity index (χ1v) is 6.99. The molecule has 2 aromatic rings. The maximum atomic E-state index is 5.77. The van der Waals surface area contributed by atoms with Crippen molar-refractivity contribution >= 4 is 10.9 Å². The molecule has 4 nitrogen and oxygen atoms in total. The molecule has 1 aliphatic heterocycles. The molecule has 0 bridgehead atoms. The van der Waals surface area contributed by atoms with E-state index < -0.39 is 5.79 Å². The van der Waals surface area contributed by atoms with Gasteiger partial charge in [0.25, 0.3) is 0 Å². The van der Waals surface area contributed by atoms with Gasteiger partial charge in [0.1, 0.15) is 0 Å². The van der Waals surface area contributed by atoms with Crippen LogP contribution in [-0.2, 0) is 16.0 Å². The van der Waals surface area contributed by atoms with E-state index in [1.54, 1.807) is 0 Å². The molecule has 20 heavy (non-hydrogen) atoms. The van der Waals surface area contributed by atoms with Crippen LogP contribution in [0.3, 0.4) is 0 Å². The van der Waals surface area contributed by atoms with E-state index in [4.69, 9.17) is 9.47 Å². The van der Waals surface area contributed by atoms with Crippen LogP contribution in [-0.4, -0.2) is 30.0 Å². The predicted octanol–water partition coefficient (Wildman–Crippen LogP) is 2.48. The van der Waals surface area contributed by atoms with Gasteiger partial charge in [0.15, 0.2) is 5.79 Å². The highest BCUT2D eigenvalue weighted by atomic mass is 16.7. The lowest BCUT2D eigenvalue weighted by Gasteiger charge is -2.17. The Morgan fingerprint density at radius 1 is 1.30 bits per heavy atom. The maximum absolute atomic E-state index is 5.77. The molecule has 4 heteroatoms. The van der Waals surface area contributed by atoms with Crippen molar-refractivity contribution in [1.82, 2.24) is 10.3 Å². The Balaban J connectivity index is 1.61. The van der Waals surface area contributed by atoms with Crippen LogP contribution < -0.4 is 5.32 Å². The summed E-state index contributed by atoms with van der Waals surface area (Å²) < 4.78 is 11.3. The number of nitrogens with one attached hydrogen (secondary N) is 1. The second-order valence-electron chi connectivity index (χ2n) is 5.57. The highest BCUT2D eigenvalue weighted by Crippen LogP contribution is 2.22. The quantitative estimate of drug-likeness (QED) is 0.928. The summed E-state index contributed by atoms with van der Waals surface area (Å²) in [4.78, 5) is 4.46. The minimum atomic E-state index is -0.451. The number of aromatic nitrogens is 1. The number of hydrogen-bond donors (Lipinski definition) is 1. The number of ether oxygens (including phenoxy) is 2. The Hall–Kier alpha value is -1.49. The van der Waals surface area contributed by atoms with E-state index in [1.807, 2.05) is 26.1 Å². The topological polar surface area (TPSA) is 43.4 Å². The summed E-state index contributed by atoms with van der Waals surface area (Å²) in [5, 5.41) is 4.60. The minimum absolute atomic E-state index is 0.118. The molecular weight excluding hydrogens is 252 g/mol. The lowest BCUT2D eigenvalue weighted by molar-refractivity contribution is -0.137.